The van der Waals surface area contributed by atoms with Gasteiger partial charge in [-0.3, -0.25) is 9.48 Å². The molecule has 0 bridgehead atoms. The maximum atomic E-state index is 10.7. The number of rotatable bonds is 2. The third kappa shape index (κ3) is 1.67. The average molecular weight is 187 g/mol. The van der Waals surface area contributed by atoms with Crippen molar-refractivity contribution in [2.24, 2.45) is 0 Å². The van der Waals surface area contributed by atoms with Crippen LogP contribution in [0, 0.1) is 6.92 Å². The maximum absolute atomic E-state index is 10.7. The SMILES string of the molecule is Cc1cc(C(=O)Cl)nn1C(C)C. The van der Waals surface area contributed by atoms with Crippen LogP contribution in [0.4, 0.5) is 0 Å². The maximum Gasteiger partial charge on any atom is 0.272 e. The molecule has 0 amide bonds. The number of hydrogen-bond acceptors (Lipinski definition) is 2. The third-order valence-electron chi connectivity index (χ3n) is 1.61. The molecule has 1 rings (SSSR count). The normalized spacial score (nSPS) is 10.8. The van der Waals surface area contributed by atoms with Crippen molar-refractivity contribution < 1.29 is 4.79 Å². The lowest BCUT2D eigenvalue weighted by atomic mass is 10.3. The summed E-state index contributed by atoms with van der Waals surface area (Å²) in [6, 6.07) is 1.95. The quantitative estimate of drug-likeness (QED) is 0.664. The Bertz CT molecular complexity index is 304. The van der Waals surface area contributed by atoms with Crippen LogP contribution < -0.4 is 0 Å². The molecule has 0 saturated heterocycles. The summed E-state index contributed by atoms with van der Waals surface area (Å²) in [5, 5.41) is 3.54. The molecule has 0 radical (unpaired) electrons. The molecule has 3 nitrogen and oxygen atoms in total. The summed E-state index contributed by atoms with van der Waals surface area (Å²) in [4.78, 5) is 10.7. The standard InChI is InChI=1S/C8H11ClN2O/c1-5(2)11-6(3)4-7(10-11)8(9)12/h4-5H,1-3H3. The van der Waals surface area contributed by atoms with Gasteiger partial charge in [0.2, 0.25) is 0 Å². The van der Waals surface area contributed by atoms with Crippen molar-refractivity contribution in [3.63, 3.8) is 0 Å². The van der Waals surface area contributed by atoms with Crippen LogP contribution in [0.15, 0.2) is 6.07 Å². The molecule has 0 atom stereocenters. The average Bonchev–Trinajstić information content (AvgIpc) is 2.30. The summed E-state index contributed by atoms with van der Waals surface area (Å²) in [7, 11) is 0. The smallest absolute Gasteiger partial charge is 0.272 e. The monoisotopic (exact) mass is 186 g/mol. The predicted octanol–water partition coefficient (Wildman–Crippen LogP) is 2.15. The van der Waals surface area contributed by atoms with Crippen molar-refractivity contribution in [2.75, 3.05) is 0 Å². The lowest BCUT2D eigenvalue weighted by Crippen LogP contribution is -2.05. The number of aryl methyl sites for hydroxylation is 1. The molecule has 0 saturated carbocycles. The highest BCUT2D eigenvalue weighted by atomic mass is 35.5. The van der Waals surface area contributed by atoms with E-state index in [2.05, 4.69) is 5.10 Å². The molecule has 0 N–H and O–H groups in total. The molecular weight excluding hydrogens is 176 g/mol. The fraction of sp³-hybridized carbons (Fsp3) is 0.500. The minimum absolute atomic E-state index is 0.259. The van der Waals surface area contributed by atoms with E-state index in [1.807, 2.05) is 20.8 Å². The Hall–Kier alpha value is -0.830. The second-order valence-corrected chi connectivity index (χ2v) is 3.33. The summed E-state index contributed by atoms with van der Waals surface area (Å²) in [5.74, 6) is 0. The second-order valence-electron chi connectivity index (χ2n) is 2.98. The second kappa shape index (κ2) is 3.27. The number of hydrogen-bond donors (Lipinski definition) is 0. The minimum Gasteiger partial charge on any atom is -0.274 e. The fourth-order valence-corrected chi connectivity index (χ4v) is 1.20. The molecule has 0 aliphatic rings. The minimum atomic E-state index is -0.502. The van der Waals surface area contributed by atoms with Crippen LogP contribution in [0.1, 0.15) is 36.1 Å². The van der Waals surface area contributed by atoms with Crippen LogP contribution in [0.2, 0.25) is 0 Å². The molecule has 0 aliphatic carbocycles. The zero-order valence-electron chi connectivity index (χ0n) is 7.34. The Kier molecular flexibility index (Phi) is 2.52. The predicted molar refractivity (Wildman–Crippen MR) is 47.5 cm³/mol. The largest absolute Gasteiger partial charge is 0.274 e. The van der Waals surface area contributed by atoms with Crippen molar-refractivity contribution in [1.82, 2.24) is 9.78 Å². The molecule has 0 spiro atoms. The Balaban J connectivity index is 3.09. The van der Waals surface area contributed by atoms with E-state index < -0.39 is 5.24 Å². The molecular formula is C8H11ClN2O. The van der Waals surface area contributed by atoms with Gasteiger partial charge in [-0.2, -0.15) is 5.10 Å². The van der Waals surface area contributed by atoms with Crippen molar-refractivity contribution in [3.8, 4) is 0 Å². The molecule has 0 aromatic carbocycles. The van der Waals surface area contributed by atoms with Crippen LogP contribution in [0.25, 0.3) is 0 Å². The van der Waals surface area contributed by atoms with E-state index in [1.54, 1.807) is 10.7 Å². The van der Waals surface area contributed by atoms with Crippen LogP contribution in [0.3, 0.4) is 0 Å². The molecule has 0 unspecified atom stereocenters. The first kappa shape index (κ1) is 9.26. The first-order valence-electron chi connectivity index (χ1n) is 3.78. The molecule has 66 valence electrons. The van der Waals surface area contributed by atoms with E-state index in [9.17, 15) is 4.79 Å². The van der Waals surface area contributed by atoms with Gasteiger partial charge < -0.3 is 0 Å². The number of carbonyl (C=O) groups is 1. The van der Waals surface area contributed by atoms with Gasteiger partial charge in [-0.1, -0.05) is 0 Å². The molecule has 1 heterocycles. The van der Waals surface area contributed by atoms with E-state index >= 15 is 0 Å². The van der Waals surface area contributed by atoms with Crippen molar-refractivity contribution in [1.29, 1.82) is 0 Å². The summed E-state index contributed by atoms with van der Waals surface area (Å²) in [5.41, 5.74) is 1.27. The van der Waals surface area contributed by atoms with E-state index in [0.717, 1.165) is 5.69 Å². The van der Waals surface area contributed by atoms with Crippen molar-refractivity contribution in [2.45, 2.75) is 26.8 Å². The molecule has 1 aromatic heterocycles. The third-order valence-corrected chi connectivity index (χ3v) is 1.81. The van der Waals surface area contributed by atoms with Gasteiger partial charge in [-0.25, -0.2) is 0 Å². The van der Waals surface area contributed by atoms with Gasteiger partial charge >= 0.3 is 0 Å². The molecule has 12 heavy (non-hydrogen) atoms. The van der Waals surface area contributed by atoms with E-state index in [-0.39, 0.29) is 6.04 Å². The van der Waals surface area contributed by atoms with E-state index in [4.69, 9.17) is 11.6 Å². The zero-order valence-corrected chi connectivity index (χ0v) is 8.09. The molecule has 4 heteroatoms. The highest BCUT2D eigenvalue weighted by molar-refractivity contribution is 6.67. The van der Waals surface area contributed by atoms with Gasteiger partial charge in [0.05, 0.1) is 0 Å². The van der Waals surface area contributed by atoms with Gasteiger partial charge in [0.25, 0.3) is 5.24 Å². The summed E-state index contributed by atoms with van der Waals surface area (Å²) < 4.78 is 1.77. The Labute approximate surface area is 76.3 Å². The number of carbonyl (C=O) groups excluding carboxylic acids is 1. The van der Waals surface area contributed by atoms with Crippen LogP contribution in [-0.4, -0.2) is 15.0 Å². The molecule has 0 fully saturated rings. The van der Waals surface area contributed by atoms with Gasteiger partial charge in [0.1, 0.15) is 5.69 Å². The van der Waals surface area contributed by atoms with Crippen LogP contribution in [0.5, 0.6) is 0 Å². The Morgan fingerprint density at radius 2 is 2.25 bits per heavy atom. The molecule has 1 aromatic rings. The first-order valence-corrected chi connectivity index (χ1v) is 4.16. The lowest BCUT2D eigenvalue weighted by Gasteiger charge is -2.06. The number of halogens is 1. The topological polar surface area (TPSA) is 34.9 Å². The van der Waals surface area contributed by atoms with E-state index in [1.165, 1.54) is 0 Å². The Morgan fingerprint density at radius 3 is 2.50 bits per heavy atom. The van der Waals surface area contributed by atoms with Gasteiger partial charge in [0, 0.05) is 11.7 Å². The fourth-order valence-electron chi connectivity index (χ4n) is 1.11. The van der Waals surface area contributed by atoms with Gasteiger partial charge in [0.15, 0.2) is 0 Å². The lowest BCUT2D eigenvalue weighted by molar-refractivity contribution is 0.107. The summed E-state index contributed by atoms with van der Waals surface area (Å²) in [6.07, 6.45) is 0. The zero-order chi connectivity index (χ0) is 9.30. The highest BCUT2D eigenvalue weighted by Gasteiger charge is 2.10. The van der Waals surface area contributed by atoms with Crippen molar-refractivity contribution >= 4 is 16.8 Å². The van der Waals surface area contributed by atoms with Gasteiger partial charge in [-0.05, 0) is 38.4 Å². The van der Waals surface area contributed by atoms with Crippen LogP contribution >= 0.6 is 11.6 Å². The number of aromatic nitrogens is 2. The Morgan fingerprint density at radius 1 is 1.67 bits per heavy atom. The summed E-state index contributed by atoms with van der Waals surface area (Å²) >= 11 is 5.28. The van der Waals surface area contributed by atoms with Crippen LogP contribution in [-0.2, 0) is 0 Å². The van der Waals surface area contributed by atoms with E-state index in [0.29, 0.717) is 5.69 Å². The van der Waals surface area contributed by atoms with Gasteiger partial charge in [-0.15, -0.1) is 0 Å². The highest BCUT2D eigenvalue weighted by Crippen LogP contribution is 2.11. The summed E-state index contributed by atoms with van der Waals surface area (Å²) in [6.45, 7) is 5.90. The van der Waals surface area contributed by atoms with Crippen molar-refractivity contribution in [3.05, 3.63) is 17.5 Å². The number of nitrogens with zero attached hydrogens (tertiary/aromatic N) is 2. The first-order chi connectivity index (χ1) is 5.52. The molecule has 0 aliphatic heterocycles.